The van der Waals surface area contributed by atoms with Crippen LogP contribution < -0.4 is 0 Å². The Hall–Kier alpha value is -0.0800. The zero-order valence-electron chi connectivity index (χ0n) is 7.89. The molecule has 0 aromatic heterocycles. The maximum Gasteiger partial charge on any atom is 0.154 e. The monoisotopic (exact) mass is 158 g/mol. The Morgan fingerprint density at radius 2 is 1.73 bits per heavy atom. The van der Waals surface area contributed by atoms with Crippen molar-refractivity contribution in [2.45, 2.75) is 34.0 Å². The second-order valence-electron chi connectivity index (χ2n) is 4.00. The van der Waals surface area contributed by atoms with Gasteiger partial charge in [0.2, 0.25) is 0 Å². The Kier molecular flexibility index (Phi) is 2.55. The second kappa shape index (κ2) is 3.11. The van der Waals surface area contributed by atoms with Gasteiger partial charge in [-0.05, 0) is 12.8 Å². The topological polar surface area (TPSA) is 18.5 Å². The summed E-state index contributed by atoms with van der Waals surface area (Å²) in [6, 6.07) is 0. The van der Waals surface area contributed by atoms with Gasteiger partial charge in [0.1, 0.15) is 0 Å². The first kappa shape index (κ1) is 9.01. The van der Waals surface area contributed by atoms with Gasteiger partial charge in [-0.25, -0.2) is 0 Å². The van der Waals surface area contributed by atoms with Crippen molar-refractivity contribution in [3.63, 3.8) is 0 Å². The highest BCUT2D eigenvalue weighted by Gasteiger charge is 2.33. The molecular weight excluding hydrogens is 140 g/mol. The standard InChI is InChI=1S/C9H18O2/c1-7(2)9(4)5-10-8(3)11-6-9/h7-8H,5-6H2,1-4H3. The predicted octanol–water partition coefficient (Wildman–Crippen LogP) is 2.04. The van der Waals surface area contributed by atoms with Gasteiger partial charge >= 0.3 is 0 Å². The maximum absolute atomic E-state index is 5.43. The Morgan fingerprint density at radius 3 is 2.09 bits per heavy atom. The van der Waals surface area contributed by atoms with E-state index in [2.05, 4.69) is 20.8 Å². The summed E-state index contributed by atoms with van der Waals surface area (Å²) in [5.74, 6) is 0.620. The minimum Gasteiger partial charge on any atom is -0.352 e. The quantitative estimate of drug-likeness (QED) is 0.581. The van der Waals surface area contributed by atoms with E-state index in [4.69, 9.17) is 9.47 Å². The number of hydrogen-bond donors (Lipinski definition) is 0. The van der Waals surface area contributed by atoms with Crippen LogP contribution in [0, 0.1) is 11.3 Å². The van der Waals surface area contributed by atoms with Gasteiger partial charge < -0.3 is 9.47 Å². The molecule has 0 aromatic rings. The van der Waals surface area contributed by atoms with Crippen LogP contribution in [0.5, 0.6) is 0 Å². The molecule has 0 spiro atoms. The van der Waals surface area contributed by atoms with Gasteiger partial charge in [0.25, 0.3) is 0 Å². The minimum atomic E-state index is -0.0122. The molecule has 0 bridgehead atoms. The first-order valence-corrected chi connectivity index (χ1v) is 4.28. The van der Waals surface area contributed by atoms with Crippen LogP contribution in [0.25, 0.3) is 0 Å². The van der Waals surface area contributed by atoms with E-state index < -0.39 is 0 Å². The lowest BCUT2D eigenvalue weighted by Crippen LogP contribution is -2.42. The van der Waals surface area contributed by atoms with Crippen molar-refractivity contribution in [2.75, 3.05) is 13.2 Å². The van der Waals surface area contributed by atoms with E-state index in [0.717, 1.165) is 13.2 Å². The fourth-order valence-corrected chi connectivity index (χ4v) is 1.04. The molecule has 1 aliphatic heterocycles. The van der Waals surface area contributed by atoms with E-state index in [1.165, 1.54) is 0 Å². The van der Waals surface area contributed by atoms with Crippen molar-refractivity contribution >= 4 is 0 Å². The summed E-state index contributed by atoms with van der Waals surface area (Å²) < 4.78 is 10.9. The number of ether oxygens (including phenoxy) is 2. The fourth-order valence-electron chi connectivity index (χ4n) is 1.04. The molecule has 0 amide bonds. The van der Waals surface area contributed by atoms with Crippen LogP contribution in [-0.2, 0) is 9.47 Å². The highest BCUT2D eigenvalue weighted by Crippen LogP contribution is 2.31. The molecule has 0 atom stereocenters. The molecule has 2 nitrogen and oxygen atoms in total. The fraction of sp³-hybridized carbons (Fsp3) is 1.00. The molecule has 0 aliphatic carbocycles. The summed E-state index contributed by atoms with van der Waals surface area (Å²) >= 11 is 0. The number of rotatable bonds is 1. The average Bonchev–Trinajstić information content (AvgIpc) is 1.95. The molecule has 1 saturated heterocycles. The van der Waals surface area contributed by atoms with E-state index in [-0.39, 0.29) is 11.7 Å². The summed E-state index contributed by atoms with van der Waals surface area (Å²) in [6.45, 7) is 10.2. The normalized spacial score (nSPS) is 39.5. The van der Waals surface area contributed by atoms with Crippen LogP contribution in [0.3, 0.4) is 0 Å². The van der Waals surface area contributed by atoms with E-state index in [1.807, 2.05) is 6.92 Å². The third-order valence-corrected chi connectivity index (χ3v) is 2.69. The van der Waals surface area contributed by atoms with Gasteiger partial charge in [0.05, 0.1) is 13.2 Å². The molecule has 0 saturated carbocycles. The number of hydrogen-bond acceptors (Lipinski definition) is 2. The zero-order chi connectivity index (χ0) is 8.48. The largest absolute Gasteiger partial charge is 0.352 e. The van der Waals surface area contributed by atoms with Crippen molar-refractivity contribution in [1.82, 2.24) is 0 Å². The Labute approximate surface area is 68.9 Å². The molecule has 1 heterocycles. The SMILES string of the molecule is CC1OCC(C)(C(C)C)CO1. The van der Waals surface area contributed by atoms with E-state index >= 15 is 0 Å². The third kappa shape index (κ3) is 1.94. The smallest absolute Gasteiger partial charge is 0.154 e. The van der Waals surface area contributed by atoms with Crippen LogP contribution in [0.4, 0.5) is 0 Å². The highest BCUT2D eigenvalue weighted by atomic mass is 16.7. The van der Waals surface area contributed by atoms with Crippen molar-refractivity contribution in [3.8, 4) is 0 Å². The summed E-state index contributed by atoms with van der Waals surface area (Å²) in [7, 11) is 0. The summed E-state index contributed by atoms with van der Waals surface area (Å²) in [6.07, 6.45) is -0.0122. The van der Waals surface area contributed by atoms with E-state index in [1.54, 1.807) is 0 Å². The van der Waals surface area contributed by atoms with Gasteiger partial charge in [0, 0.05) is 5.41 Å². The Balaban J connectivity index is 2.48. The van der Waals surface area contributed by atoms with Crippen molar-refractivity contribution in [3.05, 3.63) is 0 Å². The minimum absolute atomic E-state index is 0.0122. The Bertz CT molecular complexity index is 124. The Morgan fingerprint density at radius 1 is 1.27 bits per heavy atom. The molecule has 0 N–H and O–H groups in total. The maximum atomic E-state index is 5.43. The van der Waals surface area contributed by atoms with Crippen LogP contribution >= 0.6 is 0 Å². The van der Waals surface area contributed by atoms with Gasteiger partial charge in [-0.1, -0.05) is 20.8 Å². The molecular formula is C9H18O2. The van der Waals surface area contributed by atoms with Gasteiger partial charge in [0.15, 0.2) is 6.29 Å². The third-order valence-electron chi connectivity index (χ3n) is 2.69. The van der Waals surface area contributed by atoms with Crippen LogP contribution in [-0.4, -0.2) is 19.5 Å². The van der Waals surface area contributed by atoms with E-state index in [0.29, 0.717) is 5.92 Å². The van der Waals surface area contributed by atoms with Crippen LogP contribution in [0.1, 0.15) is 27.7 Å². The molecule has 1 rings (SSSR count). The molecule has 66 valence electrons. The average molecular weight is 158 g/mol. The van der Waals surface area contributed by atoms with E-state index in [9.17, 15) is 0 Å². The lowest BCUT2D eigenvalue weighted by molar-refractivity contribution is -0.225. The first-order valence-electron chi connectivity index (χ1n) is 4.28. The molecule has 0 radical (unpaired) electrons. The summed E-state index contributed by atoms with van der Waals surface area (Å²) in [5.41, 5.74) is 0.215. The zero-order valence-corrected chi connectivity index (χ0v) is 7.89. The molecule has 11 heavy (non-hydrogen) atoms. The van der Waals surface area contributed by atoms with Crippen LogP contribution in [0.2, 0.25) is 0 Å². The lowest BCUT2D eigenvalue weighted by atomic mass is 9.80. The van der Waals surface area contributed by atoms with Crippen molar-refractivity contribution < 1.29 is 9.47 Å². The molecule has 0 unspecified atom stereocenters. The van der Waals surface area contributed by atoms with Crippen molar-refractivity contribution in [1.29, 1.82) is 0 Å². The molecule has 1 aliphatic rings. The first-order chi connectivity index (χ1) is 5.04. The summed E-state index contributed by atoms with van der Waals surface area (Å²) in [4.78, 5) is 0. The predicted molar refractivity (Wildman–Crippen MR) is 44.3 cm³/mol. The molecule has 2 heteroatoms. The highest BCUT2D eigenvalue weighted by molar-refractivity contribution is 4.79. The van der Waals surface area contributed by atoms with Crippen LogP contribution in [0.15, 0.2) is 0 Å². The van der Waals surface area contributed by atoms with Crippen molar-refractivity contribution in [2.24, 2.45) is 11.3 Å². The second-order valence-corrected chi connectivity index (χ2v) is 4.00. The van der Waals surface area contributed by atoms with Gasteiger partial charge in [-0.3, -0.25) is 0 Å². The van der Waals surface area contributed by atoms with Gasteiger partial charge in [-0.2, -0.15) is 0 Å². The molecule has 1 fully saturated rings. The molecule has 0 aromatic carbocycles. The van der Waals surface area contributed by atoms with Gasteiger partial charge in [-0.15, -0.1) is 0 Å². The lowest BCUT2D eigenvalue weighted by Gasteiger charge is -2.39. The summed E-state index contributed by atoms with van der Waals surface area (Å²) in [5, 5.41) is 0.